The van der Waals surface area contributed by atoms with Gasteiger partial charge >= 0.3 is 6.03 Å². The molecule has 2 aromatic carbocycles. The Balaban J connectivity index is 1.41. The van der Waals surface area contributed by atoms with Crippen LogP contribution in [0.1, 0.15) is 36.5 Å². The first-order valence-electron chi connectivity index (χ1n) is 11.5. The molecule has 0 radical (unpaired) electrons. The van der Waals surface area contributed by atoms with E-state index in [-0.39, 0.29) is 11.5 Å². The van der Waals surface area contributed by atoms with E-state index in [4.69, 9.17) is 0 Å². The minimum absolute atomic E-state index is 0.00775. The molecule has 9 heteroatoms. The van der Waals surface area contributed by atoms with Crippen LogP contribution in [0.25, 0.3) is 0 Å². The number of nitrogens with zero attached hydrogens (tertiary/aromatic N) is 2. The molecular weight excluding hydrogens is 454 g/mol. The van der Waals surface area contributed by atoms with Crippen molar-refractivity contribution in [1.29, 1.82) is 0 Å². The number of fused-ring (bicyclic) bond motifs is 1. The molecule has 1 N–H and O–H groups in total. The number of para-hydroxylation sites is 1. The van der Waals surface area contributed by atoms with Crippen LogP contribution in [0.3, 0.4) is 0 Å². The second kappa shape index (κ2) is 8.23. The van der Waals surface area contributed by atoms with Gasteiger partial charge < -0.3 is 10.2 Å². The van der Waals surface area contributed by atoms with Crippen LogP contribution in [0, 0.1) is 0 Å². The average molecular weight is 482 g/mol. The SMILES string of the molecule is C[C@@]1(c2ccc3c(c2)CCC3)NC(=O)N(CC(=O)N(c2ccccc2)[C@H]2CCS(=O)(=O)C2)C1=O. The van der Waals surface area contributed by atoms with Crippen LogP contribution >= 0.6 is 0 Å². The van der Waals surface area contributed by atoms with Gasteiger partial charge in [0.05, 0.1) is 17.5 Å². The Bertz CT molecular complexity index is 1280. The molecule has 5 rings (SSSR count). The van der Waals surface area contributed by atoms with Crippen molar-refractivity contribution in [2.24, 2.45) is 0 Å². The Morgan fingerprint density at radius 3 is 2.56 bits per heavy atom. The molecule has 8 nitrogen and oxygen atoms in total. The maximum Gasteiger partial charge on any atom is 0.325 e. The lowest BCUT2D eigenvalue weighted by molar-refractivity contribution is -0.134. The summed E-state index contributed by atoms with van der Waals surface area (Å²) in [5.41, 5.74) is 2.43. The Morgan fingerprint density at radius 1 is 1.12 bits per heavy atom. The van der Waals surface area contributed by atoms with Gasteiger partial charge in [0.1, 0.15) is 12.1 Å². The third kappa shape index (κ3) is 3.87. The number of aryl methyl sites for hydroxylation is 2. The van der Waals surface area contributed by atoms with Crippen LogP contribution in [-0.4, -0.2) is 55.3 Å². The van der Waals surface area contributed by atoms with Crippen molar-refractivity contribution in [3.05, 3.63) is 65.2 Å². The smallest absolute Gasteiger partial charge is 0.319 e. The molecule has 178 valence electrons. The van der Waals surface area contributed by atoms with Gasteiger partial charge in [-0.25, -0.2) is 13.2 Å². The maximum absolute atomic E-state index is 13.4. The van der Waals surface area contributed by atoms with Crippen molar-refractivity contribution < 1.29 is 22.8 Å². The molecular formula is C25H27N3O5S. The summed E-state index contributed by atoms with van der Waals surface area (Å²) >= 11 is 0. The number of amides is 4. The Labute approximate surface area is 198 Å². The summed E-state index contributed by atoms with van der Waals surface area (Å²) in [5.74, 6) is -1.11. The Hall–Kier alpha value is -3.20. The van der Waals surface area contributed by atoms with Crippen molar-refractivity contribution in [2.75, 3.05) is 23.0 Å². The number of carbonyl (C=O) groups is 3. The van der Waals surface area contributed by atoms with Crippen LogP contribution in [0.5, 0.6) is 0 Å². The van der Waals surface area contributed by atoms with E-state index >= 15 is 0 Å². The lowest BCUT2D eigenvalue weighted by atomic mass is 9.89. The topological polar surface area (TPSA) is 104 Å². The molecule has 0 bridgehead atoms. The van der Waals surface area contributed by atoms with E-state index in [2.05, 4.69) is 5.32 Å². The second-order valence-electron chi connectivity index (χ2n) is 9.44. The highest BCUT2D eigenvalue weighted by Crippen LogP contribution is 2.33. The van der Waals surface area contributed by atoms with Gasteiger partial charge in [0.2, 0.25) is 5.91 Å². The third-order valence-electron chi connectivity index (χ3n) is 7.12. The zero-order valence-electron chi connectivity index (χ0n) is 19.0. The van der Waals surface area contributed by atoms with E-state index in [1.165, 1.54) is 16.0 Å². The van der Waals surface area contributed by atoms with Crippen LogP contribution in [0.2, 0.25) is 0 Å². The monoisotopic (exact) mass is 481 g/mol. The molecule has 0 spiro atoms. The van der Waals surface area contributed by atoms with Gasteiger partial charge in [-0.05, 0) is 61.4 Å². The predicted molar refractivity (Wildman–Crippen MR) is 127 cm³/mol. The number of urea groups is 1. The van der Waals surface area contributed by atoms with Gasteiger partial charge in [0.15, 0.2) is 9.84 Å². The standard InChI is InChI=1S/C25H27N3O5S/c1-25(19-11-10-17-6-5-7-18(17)14-19)23(30)27(24(31)26-25)15-22(29)28(20-8-3-2-4-9-20)21-12-13-34(32,33)16-21/h2-4,8-11,14,21H,5-7,12-13,15-16H2,1H3,(H,26,31)/t21-,25-/m0/s1. The number of benzene rings is 2. The normalized spacial score (nSPS) is 25.3. The number of sulfone groups is 1. The number of hydrogen-bond donors (Lipinski definition) is 1. The van der Waals surface area contributed by atoms with Crippen molar-refractivity contribution in [3.8, 4) is 0 Å². The molecule has 4 amide bonds. The van der Waals surface area contributed by atoms with E-state index < -0.39 is 45.8 Å². The zero-order valence-corrected chi connectivity index (χ0v) is 19.8. The van der Waals surface area contributed by atoms with E-state index in [1.54, 1.807) is 37.3 Å². The Kier molecular flexibility index (Phi) is 5.47. The minimum atomic E-state index is -3.24. The molecule has 2 aromatic rings. The van der Waals surface area contributed by atoms with Crippen molar-refractivity contribution >= 4 is 33.4 Å². The molecule has 2 heterocycles. The predicted octanol–water partition coefficient (Wildman–Crippen LogP) is 2.16. The van der Waals surface area contributed by atoms with E-state index in [0.29, 0.717) is 17.7 Å². The molecule has 2 saturated heterocycles. The van der Waals surface area contributed by atoms with Gasteiger partial charge in [0.25, 0.3) is 5.91 Å². The average Bonchev–Trinajstić information content (AvgIpc) is 3.47. The van der Waals surface area contributed by atoms with Crippen molar-refractivity contribution in [1.82, 2.24) is 10.2 Å². The summed E-state index contributed by atoms with van der Waals surface area (Å²) in [5, 5.41) is 2.78. The molecule has 3 aliphatic rings. The molecule has 34 heavy (non-hydrogen) atoms. The van der Waals surface area contributed by atoms with Crippen molar-refractivity contribution in [2.45, 2.75) is 44.2 Å². The molecule has 2 fully saturated rings. The van der Waals surface area contributed by atoms with Crippen LogP contribution in [0.4, 0.5) is 10.5 Å². The molecule has 0 unspecified atom stereocenters. The highest BCUT2D eigenvalue weighted by Gasteiger charge is 2.50. The first-order chi connectivity index (χ1) is 16.2. The fourth-order valence-electron chi connectivity index (χ4n) is 5.26. The van der Waals surface area contributed by atoms with Gasteiger partial charge in [-0.2, -0.15) is 0 Å². The highest BCUT2D eigenvalue weighted by molar-refractivity contribution is 7.91. The second-order valence-corrected chi connectivity index (χ2v) is 11.7. The van der Waals surface area contributed by atoms with E-state index in [9.17, 15) is 22.8 Å². The largest absolute Gasteiger partial charge is 0.325 e. The number of imide groups is 1. The number of anilines is 1. The van der Waals surface area contributed by atoms with Gasteiger partial charge in [-0.15, -0.1) is 0 Å². The third-order valence-corrected chi connectivity index (χ3v) is 8.87. The first-order valence-corrected chi connectivity index (χ1v) is 13.3. The summed E-state index contributed by atoms with van der Waals surface area (Å²) in [6.45, 7) is 1.20. The first kappa shape index (κ1) is 22.6. The molecule has 0 aromatic heterocycles. The fraction of sp³-hybridized carbons (Fsp3) is 0.400. The molecule has 2 atom stereocenters. The van der Waals surface area contributed by atoms with E-state index in [1.807, 2.05) is 18.2 Å². The zero-order chi connectivity index (χ0) is 24.1. The van der Waals surface area contributed by atoms with Gasteiger partial charge in [-0.3, -0.25) is 14.5 Å². The summed E-state index contributed by atoms with van der Waals surface area (Å²) in [4.78, 5) is 42.1. The molecule has 0 saturated carbocycles. The van der Waals surface area contributed by atoms with Gasteiger partial charge in [0, 0.05) is 5.69 Å². The Morgan fingerprint density at radius 2 is 1.85 bits per heavy atom. The number of nitrogens with one attached hydrogen (secondary N) is 1. The quantitative estimate of drug-likeness (QED) is 0.659. The summed E-state index contributed by atoms with van der Waals surface area (Å²) < 4.78 is 24.2. The maximum atomic E-state index is 13.4. The van der Waals surface area contributed by atoms with E-state index in [0.717, 1.165) is 24.2 Å². The molecule has 1 aliphatic carbocycles. The molecule has 2 aliphatic heterocycles. The van der Waals surface area contributed by atoms with Gasteiger partial charge in [-0.1, -0.05) is 36.4 Å². The van der Waals surface area contributed by atoms with Crippen LogP contribution in [-0.2, 0) is 37.8 Å². The number of carbonyl (C=O) groups excluding carboxylic acids is 3. The van der Waals surface area contributed by atoms with Crippen molar-refractivity contribution in [3.63, 3.8) is 0 Å². The van der Waals surface area contributed by atoms with Crippen LogP contribution < -0.4 is 10.2 Å². The number of rotatable bonds is 5. The summed E-state index contributed by atoms with van der Waals surface area (Å²) in [6, 6.07) is 13.5. The lowest BCUT2D eigenvalue weighted by Gasteiger charge is -2.30. The summed E-state index contributed by atoms with van der Waals surface area (Å²) in [6.07, 6.45) is 3.35. The minimum Gasteiger partial charge on any atom is -0.319 e. The van der Waals surface area contributed by atoms with Crippen LogP contribution in [0.15, 0.2) is 48.5 Å². The highest BCUT2D eigenvalue weighted by atomic mass is 32.2. The lowest BCUT2D eigenvalue weighted by Crippen LogP contribution is -2.48. The fourth-order valence-corrected chi connectivity index (χ4v) is 6.96. The number of hydrogen-bond acceptors (Lipinski definition) is 5. The summed E-state index contributed by atoms with van der Waals surface area (Å²) in [7, 11) is -3.24.